The Morgan fingerprint density at radius 1 is 2.00 bits per heavy atom. The monoisotopic (exact) mass is 101 g/mol. The molecule has 0 spiro atoms. The van der Waals surface area contributed by atoms with Crippen molar-refractivity contribution in [3.8, 4) is 0 Å². The van der Waals surface area contributed by atoms with E-state index in [-0.39, 0.29) is 4.81 Å². The third-order valence-electron chi connectivity index (χ3n) is 0. The predicted molar refractivity (Wildman–Crippen MR) is 11.9 cm³/mol. The molecule has 3 heteroatoms. The Balaban J connectivity index is 2.80. The minimum absolute atomic E-state index is 0.208. The molecule has 0 aliphatic rings. The topological polar surface area (TPSA) is 49.9 Å². The summed E-state index contributed by atoms with van der Waals surface area (Å²) in [7, 11) is 0. The fourth-order valence-corrected chi connectivity index (χ4v) is 0. The van der Waals surface area contributed by atoms with Gasteiger partial charge in [0.05, 0.1) is 0 Å². The summed E-state index contributed by atoms with van der Waals surface area (Å²) < 4.78 is 0. The minimum atomic E-state index is -0.208. The first-order chi connectivity index (χ1) is 1.73. The van der Waals surface area contributed by atoms with Gasteiger partial charge in [-0.3, -0.25) is 0 Å². The molecular formula is CH3N2Ni. The quantitative estimate of drug-likeness (QED) is 0.240. The Kier molecular flexibility index (Phi) is 1.29. The van der Waals surface area contributed by atoms with E-state index < -0.39 is 0 Å². The summed E-state index contributed by atoms with van der Waals surface area (Å²) in [6.45, 7) is 0. The summed E-state index contributed by atoms with van der Waals surface area (Å²) in [5, 5.41) is 6.11. The summed E-state index contributed by atoms with van der Waals surface area (Å²) in [4.78, 5) is -0.208. The first-order valence-electron chi connectivity index (χ1n) is 0.697. The molecular weight excluding hydrogens is 98.7 g/mol. The summed E-state index contributed by atoms with van der Waals surface area (Å²) in [5.74, 6) is 0. The fourth-order valence-electron chi connectivity index (χ4n) is 0. The second kappa shape index (κ2) is 1.30. The van der Waals surface area contributed by atoms with Gasteiger partial charge in [-0.25, -0.2) is 0 Å². The first kappa shape index (κ1) is 3.96. The number of hydrogen-bond donors (Lipinski definition) is 2. The molecule has 0 atom stereocenters. The van der Waals surface area contributed by atoms with Crippen LogP contribution in [0, 0.1) is 5.41 Å². The zero-order valence-corrected chi connectivity index (χ0v) is 2.88. The van der Waals surface area contributed by atoms with E-state index in [0.717, 1.165) is 0 Å². The van der Waals surface area contributed by atoms with Crippen molar-refractivity contribution in [1.82, 2.24) is 0 Å². The third kappa shape index (κ3) is 1370. The van der Waals surface area contributed by atoms with Crippen molar-refractivity contribution in [2.24, 2.45) is 5.73 Å². The molecule has 0 aromatic carbocycles. The molecule has 4 heavy (non-hydrogen) atoms. The van der Waals surface area contributed by atoms with Crippen molar-refractivity contribution in [2.75, 3.05) is 0 Å². The van der Waals surface area contributed by atoms with Crippen LogP contribution in [0.4, 0.5) is 0 Å². The molecule has 0 heterocycles. The Morgan fingerprint density at radius 2 is 2.00 bits per heavy atom. The zero-order chi connectivity index (χ0) is 3.58. The van der Waals surface area contributed by atoms with Crippen LogP contribution in [0.5, 0.6) is 0 Å². The second-order valence-corrected chi connectivity index (χ2v) is 0.847. The van der Waals surface area contributed by atoms with Gasteiger partial charge in [-0.2, -0.15) is 0 Å². The SMILES string of the molecule is N=[C](N)[Ni]. The van der Waals surface area contributed by atoms with Crippen LogP contribution < -0.4 is 5.73 Å². The van der Waals surface area contributed by atoms with Crippen LogP contribution in [-0.4, -0.2) is 4.81 Å². The summed E-state index contributed by atoms with van der Waals surface area (Å²) >= 11 is 3.74. The molecule has 0 bridgehead atoms. The molecule has 0 unspecified atom stereocenters. The fraction of sp³-hybridized carbons (Fsp3) is 0. The molecule has 0 radical (unpaired) electrons. The Labute approximate surface area is 32.3 Å². The molecule has 0 aliphatic heterocycles. The van der Waals surface area contributed by atoms with Crippen LogP contribution in [0.1, 0.15) is 0 Å². The summed E-state index contributed by atoms with van der Waals surface area (Å²) in [6.07, 6.45) is 0. The normalized spacial score (nSPS) is 6.50. The van der Waals surface area contributed by atoms with Crippen LogP contribution in [0.3, 0.4) is 0 Å². The van der Waals surface area contributed by atoms with Crippen molar-refractivity contribution in [2.45, 2.75) is 0 Å². The number of hydrogen-bond acceptors (Lipinski definition) is 1. The van der Waals surface area contributed by atoms with Crippen LogP contribution in [0.15, 0.2) is 0 Å². The van der Waals surface area contributed by atoms with Gasteiger partial charge < -0.3 is 0 Å². The molecule has 0 aromatic rings. The molecule has 0 saturated heterocycles. The van der Waals surface area contributed by atoms with E-state index in [2.05, 4.69) is 21.2 Å². The van der Waals surface area contributed by atoms with Crippen molar-refractivity contribution in [1.29, 1.82) is 5.41 Å². The van der Waals surface area contributed by atoms with Gasteiger partial charge in [0, 0.05) is 0 Å². The van der Waals surface area contributed by atoms with E-state index in [0.29, 0.717) is 0 Å². The van der Waals surface area contributed by atoms with Crippen molar-refractivity contribution < 1.29 is 15.5 Å². The van der Waals surface area contributed by atoms with E-state index in [1.807, 2.05) is 0 Å². The van der Waals surface area contributed by atoms with Gasteiger partial charge in [-0.1, -0.05) is 0 Å². The van der Waals surface area contributed by atoms with Gasteiger partial charge >= 0.3 is 31.4 Å². The molecule has 0 aromatic heterocycles. The molecule has 0 amide bonds. The van der Waals surface area contributed by atoms with Crippen LogP contribution in [-0.2, 0) is 15.5 Å². The average molecular weight is 102 g/mol. The van der Waals surface area contributed by atoms with Crippen LogP contribution in [0.25, 0.3) is 0 Å². The number of amidine groups is 1. The van der Waals surface area contributed by atoms with Crippen LogP contribution >= 0.6 is 0 Å². The number of nitrogens with two attached hydrogens (primary N) is 1. The summed E-state index contributed by atoms with van der Waals surface area (Å²) in [6, 6.07) is 0. The van der Waals surface area contributed by atoms with Gasteiger partial charge in [0.25, 0.3) is 0 Å². The maximum absolute atomic E-state index is 6.11. The number of nitrogens with one attached hydrogen (secondary N) is 1. The Bertz CT molecular complexity index is 29.0. The van der Waals surface area contributed by atoms with Crippen molar-refractivity contribution in [3.05, 3.63) is 0 Å². The van der Waals surface area contributed by atoms with E-state index in [9.17, 15) is 0 Å². The third-order valence-corrected chi connectivity index (χ3v) is 0. The number of rotatable bonds is 0. The van der Waals surface area contributed by atoms with Gasteiger partial charge in [0.1, 0.15) is 0 Å². The van der Waals surface area contributed by atoms with E-state index in [1.165, 1.54) is 0 Å². The Hall–Kier alpha value is -0.0365. The van der Waals surface area contributed by atoms with E-state index in [1.54, 1.807) is 0 Å². The van der Waals surface area contributed by atoms with Gasteiger partial charge in [0.2, 0.25) is 0 Å². The molecule has 0 aliphatic carbocycles. The standard InChI is InChI=1S/CH3N2.Ni/c2-1-3;/h(H3,2,3);. The molecule has 0 saturated carbocycles. The molecule has 0 rings (SSSR count). The predicted octanol–water partition coefficient (Wildman–Crippen LogP) is -0.573. The van der Waals surface area contributed by atoms with Crippen LogP contribution in [0.2, 0.25) is 0 Å². The van der Waals surface area contributed by atoms with E-state index >= 15 is 0 Å². The molecule has 0 fully saturated rings. The zero-order valence-electron chi connectivity index (χ0n) is 1.89. The van der Waals surface area contributed by atoms with Gasteiger partial charge in [-0.15, -0.1) is 0 Å². The molecule has 2 nitrogen and oxygen atoms in total. The average Bonchev–Trinajstić information content (AvgIpc) is 0.811. The second-order valence-electron chi connectivity index (χ2n) is 0.315. The van der Waals surface area contributed by atoms with Crippen molar-refractivity contribution in [3.63, 3.8) is 0 Å². The maximum atomic E-state index is 6.11. The van der Waals surface area contributed by atoms with Crippen molar-refractivity contribution >= 4 is 4.81 Å². The summed E-state index contributed by atoms with van der Waals surface area (Å²) in [5.41, 5.74) is 4.53. The first-order valence-corrected chi connectivity index (χ1v) is 1.19. The Morgan fingerprint density at radius 3 is 2.00 bits per heavy atom. The molecule has 3 N–H and O–H groups in total. The molecule has 27 valence electrons. The van der Waals surface area contributed by atoms with Gasteiger partial charge in [0.15, 0.2) is 0 Å². The van der Waals surface area contributed by atoms with E-state index in [4.69, 9.17) is 5.41 Å². The van der Waals surface area contributed by atoms with Gasteiger partial charge in [-0.05, 0) is 0 Å².